The van der Waals surface area contributed by atoms with Crippen LogP contribution in [0, 0.1) is 17.8 Å². The number of carbonyl (C=O) groups is 1. The summed E-state index contributed by atoms with van der Waals surface area (Å²) >= 11 is 0. The molecule has 0 spiro atoms. The highest BCUT2D eigenvalue weighted by molar-refractivity contribution is 5.79. The molecule has 19 heavy (non-hydrogen) atoms. The Kier molecular flexibility index (Phi) is 2.58. The molecule has 3 heterocycles. The quantitative estimate of drug-likeness (QED) is 0.720. The summed E-state index contributed by atoms with van der Waals surface area (Å²) in [7, 11) is 0. The van der Waals surface area contributed by atoms with Gasteiger partial charge in [-0.15, -0.1) is 5.10 Å². The number of rotatable bonds is 1. The van der Waals surface area contributed by atoms with E-state index in [9.17, 15) is 4.79 Å². The van der Waals surface area contributed by atoms with Gasteiger partial charge in [0.1, 0.15) is 0 Å². The van der Waals surface area contributed by atoms with Gasteiger partial charge in [0.2, 0.25) is 5.91 Å². The van der Waals surface area contributed by atoms with Crippen LogP contribution in [0.3, 0.4) is 0 Å². The van der Waals surface area contributed by atoms with Crippen molar-refractivity contribution in [3.63, 3.8) is 0 Å². The standard InChI is InChI=1S/C13H19N5O/c19-13(18-6-9-4-14-5-10(9)7-18)8-1-2-11-12(3-8)16-17-15-11/h8-10,14H,1-7H2,(H,15,16,17)/t8?,9-,10+. The zero-order chi connectivity index (χ0) is 12.8. The lowest BCUT2D eigenvalue weighted by Crippen LogP contribution is -2.38. The molecule has 3 atom stereocenters. The van der Waals surface area contributed by atoms with Gasteiger partial charge in [0, 0.05) is 38.5 Å². The first-order chi connectivity index (χ1) is 9.31. The van der Waals surface area contributed by atoms with E-state index in [1.807, 2.05) is 0 Å². The number of aromatic nitrogens is 3. The number of hydrogen-bond donors (Lipinski definition) is 2. The molecule has 0 aromatic carbocycles. The Balaban J connectivity index is 1.44. The van der Waals surface area contributed by atoms with Gasteiger partial charge in [-0.25, -0.2) is 0 Å². The van der Waals surface area contributed by atoms with Crippen LogP contribution in [0.2, 0.25) is 0 Å². The fourth-order valence-electron chi connectivity index (χ4n) is 3.79. The van der Waals surface area contributed by atoms with E-state index < -0.39 is 0 Å². The Morgan fingerprint density at radius 2 is 2.05 bits per heavy atom. The Hall–Kier alpha value is -1.43. The predicted molar refractivity (Wildman–Crippen MR) is 68.3 cm³/mol. The molecule has 2 fully saturated rings. The third kappa shape index (κ3) is 1.85. The number of hydrogen-bond acceptors (Lipinski definition) is 4. The van der Waals surface area contributed by atoms with E-state index in [0.29, 0.717) is 17.7 Å². The third-order valence-corrected chi connectivity index (χ3v) is 4.94. The number of nitrogens with zero attached hydrogens (tertiary/aromatic N) is 3. The molecule has 1 aromatic rings. The van der Waals surface area contributed by atoms with E-state index in [1.165, 1.54) is 0 Å². The molecule has 1 unspecified atom stereocenters. The number of aromatic amines is 1. The van der Waals surface area contributed by atoms with Crippen LogP contribution in [0.25, 0.3) is 0 Å². The lowest BCUT2D eigenvalue weighted by Gasteiger charge is -2.26. The normalized spacial score (nSPS) is 33.3. The minimum atomic E-state index is 0.115. The van der Waals surface area contributed by atoms with Crippen LogP contribution in [0.1, 0.15) is 17.8 Å². The number of aryl methyl sites for hydroxylation is 1. The van der Waals surface area contributed by atoms with E-state index in [-0.39, 0.29) is 5.92 Å². The van der Waals surface area contributed by atoms with Crippen molar-refractivity contribution < 1.29 is 4.79 Å². The average molecular weight is 261 g/mol. The number of likely N-dealkylation sites (tertiary alicyclic amines) is 1. The smallest absolute Gasteiger partial charge is 0.226 e. The first-order valence-corrected chi connectivity index (χ1v) is 7.19. The molecule has 3 aliphatic rings. The first kappa shape index (κ1) is 11.4. The van der Waals surface area contributed by atoms with E-state index >= 15 is 0 Å². The highest BCUT2D eigenvalue weighted by atomic mass is 16.2. The summed E-state index contributed by atoms with van der Waals surface area (Å²) < 4.78 is 0. The summed E-state index contributed by atoms with van der Waals surface area (Å²) in [6.07, 6.45) is 2.59. The zero-order valence-corrected chi connectivity index (χ0v) is 10.9. The molecule has 2 N–H and O–H groups in total. The number of amides is 1. The molecule has 1 amide bonds. The summed E-state index contributed by atoms with van der Waals surface area (Å²) in [6.45, 7) is 4.04. The highest BCUT2D eigenvalue weighted by Crippen LogP contribution is 2.30. The topological polar surface area (TPSA) is 73.9 Å². The SMILES string of the molecule is O=C(C1CCc2[nH]nnc2C1)N1C[C@H]2CNC[C@H]2C1. The maximum Gasteiger partial charge on any atom is 0.226 e. The van der Waals surface area contributed by atoms with Crippen molar-refractivity contribution in [3.05, 3.63) is 11.4 Å². The van der Waals surface area contributed by atoms with Gasteiger partial charge in [0.25, 0.3) is 0 Å². The van der Waals surface area contributed by atoms with E-state index in [1.54, 1.807) is 0 Å². The van der Waals surface area contributed by atoms with Crippen molar-refractivity contribution in [2.45, 2.75) is 19.3 Å². The van der Waals surface area contributed by atoms with Gasteiger partial charge in [-0.1, -0.05) is 5.21 Å². The molecule has 102 valence electrons. The Morgan fingerprint density at radius 1 is 1.26 bits per heavy atom. The van der Waals surface area contributed by atoms with Crippen molar-refractivity contribution in [3.8, 4) is 0 Å². The fraction of sp³-hybridized carbons (Fsp3) is 0.769. The maximum absolute atomic E-state index is 12.6. The maximum atomic E-state index is 12.6. The number of fused-ring (bicyclic) bond motifs is 2. The lowest BCUT2D eigenvalue weighted by atomic mass is 9.89. The number of nitrogens with one attached hydrogen (secondary N) is 2. The molecule has 6 heteroatoms. The zero-order valence-electron chi connectivity index (χ0n) is 10.9. The van der Waals surface area contributed by atoms with Crippen LogP contribution in [0.4, 0.5) is 0 Å². The van der Waals surface area contributed by atoms with Gasteiger partial charge in [-0.05, 0) is 24.7 Å². The average Bonchev–Trinajstić information content (AvgIpc) is 3.11. The molecule has 1 aliphatic carbocycles. The molecule has 0 bridgehead atoms. The van der Waals surface area contributed by atoms with Crippen molar-refractivity contribution >= 4 is 5.91 Å². The number of H-pyrrole nitrogens is 1. The van der Waals surface area contributed by atoms with Crippen LogP contribution in [-0.4, -0.2) is 52.4 Å². The Morgan fingerprint density at radius 3 is 2.84 bits per heavy atom. The van der Waals surface area contributed by atoms with Crippen LogP contribution >= 0.6 is 0 Å². The minimum absolute atomic E-state index is 0.115. The van der Waals surface area contributed by atoms with Crippen molar-refractivity contribution in [1.29, 1.82) is 0 Å². The van der Waals surface area contributed by atoms with Gasteiger partial charge < -0.3 is 10.2 Å². The van der Waals surface area contributed by atoms with E-state index in [0.717, 1.165) is 56.8 Å². The molecular formula is C13H19N5O. The molecule has 0 saturated carbocycles. The summed E-state index contributed by atoms with van der Waals surface area (Å²) in [5.41, 5.74) is 2.11. The van der Waals surface area contributed by atoms with Crippen LogP contribution in [0.15, 0.2) is 0 Å². The van der Waals surface area contributed by atoms with Gasteiger partial charge in [0.05, 0.1) is 11.4 Å². The van der Waals surface area contributed by atoms with E-state index in [2.05, 4.69) is 25.6 Å². The molecule has 2 aliphatic heterocycles. The summed E-state index contributed by atoms with van der Waals surface area (Å²) in [4.78, 5) is 14.7. The van der Waals surface area contributed by atoms with Crippen molar-refractivity contribution in [2.75, 3.05) is 26.2 Å². The largest absolute Gasteiger partial charge is 0.342 e. The summed E-state index contributed by atoms with van der Waals surface area (Å²) in [5.74, 6) is 1.80. The Labute approximate surface area is 111 Å². The Bertz CT molecular complexity index is 487. The van der Waals surface area contributed by atoms with Crippen LogP contribution in [-0.2, 0) is 17.6 Å². The van der Waals surface area contributed by atoms with Gasteiger partial charge in [0.15, 0.2) is 0 Å². The molecule has 2 saturated heterocycles. The van der Waals surface area contributed by atoms with Gasteiger partial charge in [-0.2, -0.15) is 0 Å². The fourth-order valence-corrected chi connectivity index (χ4v) is 3.79. The van der Waals surface area contributed by atoms with Gasteiger partial charge >= 0.3 is 0 Å². The predicted octanol–water partition coefficient (Wildman–Crippen LogP) is -0.413. The van der Waals surface area contributed by atoms with E-state index in [4.69, 9.17) is 0 Å². The molecular weight excluding hydrogens is 242 g/mol. The summed E-state index contributed by atoms with van der Waals surface area (Å²) in [5, 5.41) is 14.3. The van der Waals surface area contributed by atoms with Crippen molar-refractivity contribution in [1.82, 2.24) is 25.6 Å². The molecule has 4 rings (SSSR count). The molecule has 0 radical (unpaired) electrons. The minimum Gasteiger partial charge on any atom is -0.342 e. The first-order valence-electron chi connectivity index (χ1n) is 7.19. The second-order valence-electron chi connectivity index (χ2n) is 6.10. The van der Waals surface area contributed by atoms with Crippen molar-refractivity contribution in [2.24, 2.45) is 17.8 Å². The second kappa shape index (κ2) is 4.30. The van der Waals surface area contributed by atoms with Gasteiger partial charge in [-0.3, -0.25) is 9.89 Å². The van der Waals surface area contributed by atoms with Crippen LogP contribution in [0.5, 0.6) is 0 Å². The molecule has 6 nitrogen and oxygen atoms in total. The summed E-state index contributed by atoms with van der Waals surface area (Å²) in [6, 6.07) is 0. The lowest BCUT2D eigenvalue weighted by molar-refractivity contribution is -0.135. The third-order valence-electron chi connectivity index (χ3n) is 4.94. The number of carbonyl (C=O) groups excluding carboxylic acids is 1. The second-order valence-corrected chi connectivity index (χ2v) is 6.10. The highest BCUT2D eigenvalue weighted by Gasteiger charge is 2.40. The molecule has 1 aromatic heterocycles. The monoisotopic (exact) mass is 261 g/mol. The van der Waals surface area contributed by atoms with Crippen LogP contribution < -0.4 is 5.32 Å².